The van der Waals surface area contributed by atoms with Gasteiger partial charge in [0.15, 0.2) is 0 Å². The maximum atomic E-state index is 5.71. The van der Waals surface area contributed by atoms with Crippen LogP contribution in [0.25, 0.3) is 0 Å². The summed E-state index contributed by atoms with van der Waals surface area (Å²) in [6.45, 7) is 6.58. The molecule has 1 aliphatic rings. The van der Waals surface area contributed by atoms with Crippen molar-refractivity contribution in [3.05, 3.63) is 0 Å². The summed E-state index contributed by atoms with van der Waals surface area (Å²) in [6.07, 6.45) is 2.41. The van der Waals surface area contributed by atoms with Gasteiger partial charge in [0.1, 0.15) is 0 Å². The Morgan fingerprint density at radius 2 is 2.29 bits per heavy atom. The van der Waals surface area contributed by atoms with Crippen LogP contribution in [0.2, 0.25) is 0 Å². The second-order valence-electron chi connectivity index (χ2n) is 4.66. The zero-order chi connectivity index (χ0) is 12.5. The van der Waals surface area contributed by atoms with E-state index in [1.54, 1.807) is 0 Å². The summed E-state index contributed by atoms with van der Waals surface area (Å²) in [7, 11) is 4.12. The molecule has 1 saturated heterocycles. The fourth-order valence-corrected chi connectivity index (χ4v) is 2.21. The number of hydrogen-bond acceptors (Lipinski definition) is 5. The smallest absolute Gasteiger partial charge is 0.0935 e. The van der Waals surface area contributed by atoms with Crippen LogP contribution in [0.5, 0.6) is 0 Å². The Balaban J connectivity index is 2.07. The van der Waals surface area contributed by atoms with E-state index < -0.39 is 0 Å². The van der Waals surface area contributed by atoms with Crippen LogP contribution in [0.4, 0.5) is 0 Å². The first-order valence-corrected chi connectivity index (χ1v) is 7.67. The second kappa shape index (κ2) is 9.16. The zero-order valence-electron chi connectivity index (χ0n) is 11.4. The van der Waals surface area contributed by atoms with Crippen LogP contribution >= 0.6 is 11.8 Å². The van der Waals surface area contributed by atoms with Crippen molar-refractivity contribution in [1.82, 2.24) is 9.80 Å². The number of rotatable bonds is 8. The fourth-order valence-electron chi connectivity index (χ4n) is 1.77. The average molecular weight is 262 g/mol. The molecule has 1 fully saturated rings. The second-order valence-corrected chi connectivity index (χ2v) is 5.65. The molecule has 102 valence electrons. The van der Waals surface area contributed by atoms with Gasteiger partial charge in [-0.2, -0.15) is 11.8 Å². The van der Waals surface area contributed by atoms with Gasteiger partial charge >= 0.3 is 0 Å². The average Bonchev–Trinajstić information content (AvgIpc) is 2.32. The van der Waals surface area contributed by atoms with Crippen LogP contribution in [0.1, 0.15) is 0 Å². The van der Waals surface area contributed by atoms with Crippen molar-refractivity contribution >= 4 is 11.8 Å². The van der Waals surface area contributed by atoms with E-state index in [9.17, 15) is 0 Å². The summed E-state index contributed by atoms with van der Waals surface area (Å²) in [4.78, 5) is 4.60. The van der Waals surface area contributed by atoms with E-state index in [4.69, 9.17) is 9.47 Å². The molecule has 0 aromatic rings. The Kier molecular flexibility index (Phi) is 8.22. The Morgan fingerprint density at radius 1 is 1.47 bits per heavy atom. The standard InChI is InChI=1S/C12H26N2O2S/c1-13(2)4-7-15-11-12-10-14(5-8-16-12)6-9-17-3/h12H,4-11H2,1-3H3/t12-/m0/s1. The summed E-state index contributed by atoms with van der Waals surface area (Å²) in [6, 6.07) is 0. The minimum Gasteiger partial charge on any atom is -0.377 e. The van der Waals surface area contributed by atoms with Gasteiger partial charge in [0.2, 0.25) is 0 Å². The molecule has 0 aromatic carbocycles. The maximum Gasteiger partial charge on any atom is 0.0935 e. The first-order chi connectivity index (χ1) is 8.22. The van der Waals surface area contributed by atoms with E-state index in [0.717, 1.165) is 39.5 Å². The first kappa shape index (κ1) is 15.2. The normalized spacial score (nSPS) is 22.2. The van der Waals surface area contributed by atoms with E-state index in [1.807, 2.05) is 11.8 Å². The maximum absolute atomic E-state index is 5.71. The van der Waals surface area contributed by atoms with Gasteiger partial charge in [-0.05, 0) is 20.4 Å². The summed E-state index contributed by atoms with van der Waals surface area (Å²) in [5, 5.41) is 0. The molecule has 0 aliphatic carbocycles. The van der Waals surface area contributed by atoms with E-state index in [-0.39, 0.29) is 6.10 Å². The van der Waals surface area contributed by atoms with Crippen LogP contribution in [-0.2, 0) is 9.47 Å². The molecule has 0 spiro atoms. The Morgan fingerprint density at radius 3 is 3.00 bits per heavy atom. The van der Waals surface area contributed by atoms with Gasteiger partial charge in [-0.1, -0.05) is 0 Å². The fraction of sp³-hybridized carbons (Fsp3) is 1.00. The molecule has 0 N–H and O–H groups in total. The molecule has 17 heavy (non-hydrogen) atoms. The van der Waals surface area contributed by atoms with Crippen molar-refractivity contribution in [2.75, 3.05) is 72.1 Å². The molecule has 0 bridgehead atoms. The highest BCUT2D eigenvalue weighted by Gasteiger charge is 2.19. The molecule has 4 nitrogen and oxygen atoms in total. The number of nitrogens with zero attached hydrogens (tertiary/aromatic N) is 2. The molecule has 1 atom stereocenters. The van der Waals surface area contributed by atoms with Crippen molar-refractivity contribution in [1.29, 1.82) is 0 Å². The van der Waals surface area contributed by atoms with E-state index >= 15 is 0 Å². The van der Waals surface area contributed by atoms with Crippen LogP contribution in [0, 0.1) is 0 Å². The highest BCUT2D eigenvalue weighted by atomic mass is 32.2. The molecule has 1 aliphatic heterocycles. The molecule has 0 unspecified atom stereocenters. The SMILES string of the molecule is CSCCN1CCO[C@H](COCCN(C)C)C1. The number of hydrogen-bond donors (Lipinski definition) is 0. The lowest BCUT2D eigenvalue weighted by Crippen LogP contribution is -2.45. The molecular weight excluding hydrogens is 236 g/mol. The van der Waals surface area contributed by atoms with Crippen molar-refractivity contribution < 1.29 is 9.47 Å². The molecule has 1 rings (SSSR count). The molecule has 0 radical (unpaired) electrons. The van der Waals surface area contributed by atoms with Gasteiger partial charge in [0.05, 0.1) is 25.9 Å². The van der Waals surface area contributed by atoms with Crippen molar-refractivity contribution in [2.45, 2.75) is 6.10 Å². The van der Waals surface area contributed by atoms with Crippen molar-refractivity contribution in [2.24, 2.45) is 0 Å². The number of thioether (sulfide) groups is 1. The van der Waals surface area contributed by atoms with Crippen molar-refractivity contribution in [3.8, 4) is 0 Å². The highest BCUT2D eigenvalue weighted by Crippen LogP contribution is 2.06. The monoisotopic (exact) mass is 262 g/mol. The minimum atomic E-state index is 0.257. The largest absolute Gasteiger partial charge is 0.377 e. The number of morpholine rings is 1. The Bertz CT molecular complexity index is 193. The molecular formula is C12H26N2O2S. The van der Waals surface area contributed by atoms with Gasteiger partial charge < -0.3 is 14.4 Å². The third kappa shape index (κ3) is 7.26. The quantitative estimate of drug-likeness (QED) is 0.598. The summed E-state index contributed by atoms with van der Waals surface area (Å²) >= 11 is 1.90. The Hall–Kier alpha value is 0.190. The van der Waals surface area contributed by atoms with E-state index in [2.05, 4.69) is 30.2 Å². The minimum absolute atomic E-state index is 0.257. The zero-order valence-corrected chi connectivity index (χ0v) is 12.2. The molecule has 0 amide bonds. The van der Waals surface area contributed by atoms with Gasteiger partial charge in [-0.3, -0.25) is 4.90 Å². The van der Waals surface area contributed by atoms with Gasteiger partial charge in [-0.15, -0.1) is 0 Å². The Labute approximate surface area is 110 Å². The lowest BCUT2D eigenvalue weighted by atomic mass is 10.3. The number of ether oxygens (including phenoxy) is 2. The summed E-state index contributed by atoms with van der Waals surface area (Å²) in [5.41, 5.74) is 0. The number of likely N-dealkylation sites (N-methyl/N-ethyl adjacent to an activating group) is 1. The summed E-state index contributed by atoms with van der Waals surface area (Å²) < 4.78 is 11.3. The van der Waals surface area contributed by atoms with Gasteiger partial charge in [0, 0.05) is 31.9 Å². The lowest BCUT2D eigenvalue weighted by Gasteiger charge is -2.32. The van der Waals surface area contributed by atoms with Crippen molar-refractivity contribution in [3.63, 3.8) is 0 Å². The van der Waals surface area contributed by atoms with E-state index in [0.29, 0.717) is 0 Å². The lowest BCUT2D eigenvalue weighted by molar-refractivity contribution is -0.0686. The molecule has 5 heteroatoms. The molecule has 0 saturated carbocycles. The van der Waals surface area contributed by atoms with E-state index in [1.165, 1.54) is 12.3 Å². The van der Waals surface area contributed by atoms with Crippen LogP contribution < -0.4 is 0 Å². The summed E-state index contributed by atoms with van der Waals surface area (Å²) in [5.74, 6) is 1.20. The predicted octanol–water partition coefficient (Wildman–Crippen LogP) is 0.628. The molecule has 0 aromatic heterocycles. The topological polar surface area (TPSA) is 24.9 Å². The van der Waals surface area contributed by atoms with Gasteiger partial charge in [-0.25, -0.2) is 0 Å². The van der Waals surface area contributed by atoms with Crippen LogP contribution in [-0.4, -0.2) is 88.0 Å². The molecule has 1 heterocycles. The van der Waals surface area contributed by atoms with Crippen LogP contribution in [0.3, 0.4) is 0 Å². The van der Waals surface area contributed by atoms with Crippen LogP contribution in [0.15, 0.2) is 0 Å². The third-order valence-corrected chi connectivity index (χ3v) is 3.41. The predicted molar refractivity (Wildman–Crippen MR) is 73.9 cm³/mol. The third-order valence-electron chi connectivity index (χ3n) is 2.82. The highest BCUT2D eigenvalue weighted by molar-refractivity contribution is 7.98. The van der Waals surface area contributed by atoms with Gasteiger partial charge in [0.25, 0.3) is 0 Å². The first-order valence-electron chi connectivity index (χ1n) is 6.27.